The lowest BCUT2D eigenvalue weighted by atomic mass is 10.1. The van der Waals surface area contributed by atoms with E-state index in [2.05, 4.69) is 15.6 Å². The van der Waals surface area contributed by atoms with Crippen molar-refractivity contribution in [2.24, 2.45) is 5.10 Å². The van der Waals surface area contributed by atoms with Gasteiger partial charge in [-0.05, 0) is 18.2 Å². The molecule has 0 saturated heterocycles. The molecule has 0 unspecified atom stereocenters. The number of hydrogen-bond acceptors (Lipinski definition) is 9. The van der Waals surface area contributed by atoms with Crippen molar-refractivity contribution in [3.8, 4) is 16.9 Å². The van der Waals surface area contributed by atoms with Crippen molar-refractivity contribution in [2.45, 2.75) is 0 Å². The topological polar surface area (TPSA) is 172 Å². The van der Waals surface area contributed by atoms with Crippen LogP contribution >= 0.6 is 0 Å². The van der Waals surface area contributed by atoms with E-state index in [1.807, 2.05) is 30.3 Å². The SMILES string of the molecule is O=[N+]([O-])c1ccc(-n2cc(C=NNc3ccc([N+](=O)[O-])cc3[N+](=O)[O-])c(-c3ccccc3)n2)cc1. The molecule has 0 aliphatic rings. The summed E-state index contributed by atoms with van der Waals surface area (Å²) in [6.45, 7) is 0. The van der Waals surface area contributed by atoms with Gasteiger partial charge in [-0.2, -0.15) is 10.2 Å². The molecule has 0 fully saturated rings. The van der Waals surface area contributed by atoms with Gasteiger partial charge in [-0.1, -0.05) is 30.3 Å². The number of aromatic nitrogens is 2. The molecule has 3 aromatic carbocycles. The first-order chi connectivity index (χ1) is 16.8. The predicted octanol–water partition coefficient (Wildman–Crippen LogP) is 4.71. The van der Waals surface area contributed by atoms with E-state index in [4.69, 9.17) is 0 Å². The highest BCUT2D eigenvalue weighted by atomic mass is 16.6. The van der Waals surface area contributed by atoms with Gasteiger partial charge in [0.1, 0.15) is 11.4 Å². The van der Waals surface area contributed by atoms with E-state index in [-0.39, 0.29) is 11.4 Å². The van der Waals surface area contributed by atoms with Crippen LogP contribution in [0.1, 0.15) is 5.56 Å². The van der Waals surface area contributed by atoms with Crippen molar-refractivity contribution in [3.63, 3.8) is 0 Å². The summed E-state index contributed by atoms with van der Waals surface area (Å²) < 4.78 is 1.53. The third-order valence-corrected chi connectivity index (χ3v) is 4.89. The Labute approximate surface area is 196 Å². The summed E-state index contributed by atoms with van der Waals surface area (Å²) in [5.74, 6) is 0. The van der Waals surface area contributed by atoms with Crippen molar-refractivity contribution >= 4 is 29.0 Å². The molecule has 0 spiro atoms. The molecule has 0 radical (unpaired) electrons. The molecule has 0 atom stereocenters. The molecular formula is C22H15N7O6. The van der Waals surface area contributed by atoms with Crippen molar-refractivity contribution < 1.29 is 14.8 Å². The second-order valence-electron chi connectivity index (χ2n) is 7.10. The van der Waals surface area contributed by atoms with E-state index in [9.17, 15) is 30.3 Å². The molecule has 13 heteroatoms. The lowest BCUT2D eigenvalue weighted by molar-refractivity contribution is -0.393. The minimum absolute atomic E-state index is 0.0270. The van der Waals surface area contributed by atoms with Gasteiger partial charge in [-0.25, -0.2) is 4.68 Å². The number of hydrazone groups is 1. The summed E-state index contributed by atoms with van der Waals surface area (Å²) >= 11 is 0. The lowest BCUT2D eigenvalue weighted by Gasteiger charge is -2.02. The van der Waals surface area contributed by atoms with E-state index in [1.54, 1.807) is 18.3 Å². The van der Waals surface area contributed by atoms with E-state index >= 15 is 0 Å². The highest BCUT2D eigenvalue weighted by Crippen LogP contribution is 2.29. The quantitative estimate of drug-likeness (QED) is 0.218. The third kappa shape index (κ3) is 4.98. The van der Waals surface area contributed by atoms with Gasteiger partial charge in [-0.3, -0.25) is 35.8 Å². The normalized spacial score (nSPS) is 10.9. The fraction of sp³-hybridized carbons (Fsp3) is 0. The molecule has 1 aromatic heterocycles. The molecular weight excluding hydrogens is 458 g/mol. The Bertz CT molecular complexity index is 1450. The smallest absolute Gasteiger partial charge is 0.272 e. The summed E-state index contributed by atoms with van der Waals surface area (Å²) in [7, 11) is 0. The van der Waals surface area contributed by atoms with Crippen LogP contribution in [0.3, 0.4) is 0 Å². The summed E-state index contributed by atoms with van der Waals surface area (Å²) in [5, 5.41) is 41.8. The maximum Gasteiger partial charge on any atom is 0.301 e. The van der Waals surface area contributed by atoms with Crippen LogP contribution in [-0.2, 0) is 0 Å². The number of nitrogens with one attached hydrogen (secondary N) is 1. The molecule has 0 amide bonds. The largest absolute Gasteiger partial charge is 0.301 e. The highest BCUT2D eigenvalue weighted by molar-refractivity contribution is 5.89. The zero-order chi connectivity index (χ0) is 24.9. The van der Waals surface area contributed by atoms with Gasteiger partial charge >= 0.3 is 5.69 Å². The summed E-state index contributed by atoms with van der Waals surface area (Å²) in [6, 6.07) is 18.2. The number of rotatable bonds is 8. The van der Waals surface area contributed by atoms with Gasteiger partial charge < -0.3 is 0 Å². The van der Waals surface area contributed by atoms with Crippen LogP contribution in [0.25, 0.3) is 16.9 Å². The molecule has 13 nitrogen and oxygen atoms in total. The van der Waals surface area contributed by atoms with Crippen molar-refractivity contribution in [1.29, 1.82) is 0 Å². The Hall–Kier alpha value is -5.46. The maximum absolute atomic E-state index is 11.3. The number of non-ortho nitro benzene ring substituents is 2. The first-order valence-electron chi connectivity index (χ1n) is 9.95. The molecule has 0 saturated carbocycles. The van der Waals surface area contributed by atoms with E-state index < -0.39 is 26.1 Å². The zero-order valence-corrected chi connectivity index (χ0v) is 17.7. The average molecular weight is 473 g/mol. The minimum Gasteiger partial charge on any atom is -0.272 e. The van der Waals surface area contributed by atoms with Gasteiger partial charge in [0.15, 0.2) is 0 Å². The second-order valence-corrected chi connectivity index (χ2v) is 7.10. The Morgan fingerprint density at radius 3 is 2.11 bits per heavy atom. The fourth-order valence-electron chi connectivity index (χ4n) is 3.21. The highest BCUT2D eigenvalue weighted by Gasteiger charge is 2.19. The van der Waals surface area contributed by atoms with Crippen LogP contribution in [0, 0.1) is 30.3 Å². The Balaban J connectivity index is 1.68. The second kappa shape index (κ2) is 9.58. The molecule has 4 rings (SSSR count). The third-order valence-electron chi connectivity index (χ3n) is 4.89. The van der Waals surface area contributed by atoms with Crippen LogP contribution in [0.2, 0.25) is 0 Å². The Morgan fingerprint density at radius 1 is 0.829 bits per heavy atom. The van der Waals surface area contributed by atoms with Gasteiger partial charge in [0, 0.05) is 35.5 Å². The first kappa shape index (κ1) is 22.7. The summed E-state index contributed by atoms with van der Waals surface area (Å²) in [4.78, 5) is 31.2. The molecule has 35 heavy (non-hydrogen) atoms. The van der Waals surface area contributed by atoms with Gasteiger partial charge in [0.05, 0.1) is 32.7 Å². The molecule has 0 aliphatic carbocycles. The van der Waals surface area contributed by atoms with Crippen LogP contribution < -0.4 is 5.43 Å². The molecule has 4 aromatic rings. The number of anilines is 1. The minimum atomic E-state index is -0.743. The van der Waals surface area contributed by atoms with E-state index in [0.717, 1.165) is 17.7 Å². The standard InChI is InChI=1S/C22H15N7O6/c30-27(31)18-8-6-17(7-9-18)26-14-16(22(25-26)15-4-2-1-3-5-15)13-23-24-20-11-10-19(28(32)33)12-21(20)29(34)35/h1-14,24H. The van der Waals surface area contributed by atoms with Crippen molar-refractivity contribution in [1.82, 2.24) is 9.78 Å². The summed E-state index contributed by atoms with van der Waals surface area (Å²) in [6.07, 6.45) is 3.06. The van der Waals surface area contributed by atoms with Crippen LogP contribution in [0.4, 0.5) is 22.7 Å². The lowest BCUT2D eigenvalue weighted by Crippen LogP contribution is -1.98. The zero-order valence-electron chi connectivity index (χ0n) is 17.7. The number of nitro groups is 3. The van der Waals surface area contributed by atoms with Crippen molar-refractivity contribution in [3.05, 3.63) is 115 Å². The van der Waals surface area contributed by atoms with Gasteiger partial charge in [0.25, 0.3) is 11.4 Å². The van der Waals surface area contributed by atoms with Crippen LogP contribution in [-0.4, -0.2) is 30.8 Å². The molecule has 1 heterocycles. The Morgan fingerprint density at radius 2 is 1.49 bits per heavy atom. The number of nitro benzene ring substituents is 3. The van der Waals surface area contributed by atoms with Gasteiger partial charge in [0.2, 0.25) is 0 Å². The predicted molar refractivity (Wildman–Crippen MR) is 127 cm³/mol. The maximum atomic E-state index is 11.3. The average Bonchev–Trinajstić information content (AvgIpc) is 3.28. The van der Waals surface area contributed by atoms with Crippen molar-refractivity contribution in [2.75, 3.05) is 5.43 Å². The number of nitrogens with zero attached hydrogens (tertiary/aromatic N) is 6. The van der Waals surface area contributed by atoms with Gasteiger partial charge in [-0.15, -0.1) is 0 Å². The summed E-state index contributed by atoms with van der Waals surface area (Å²) in [5.41, 5.74) is 4.00. The fourth-order valence-corrected chi connectivity index (χ4v) is 3.21. The number of hydrogen-bond donors (Lipinski definition) is 1. The molecule has 1 N–H and O–H groups in total. The number of benzene rings is 3. The molecule has 174 valence electrons. The van der Waals surface area contributed by atoms with E-state index in [0.29, 0.717) is 16.9 Å². The first-order valence-corrected chi connectivity index (χ1v) is 9.95. The molecule has 0 aliphatic heterocycles. The van der Waals surface area contributed by atoms with E-state index in [1.165, 1.54) is 29.1 Å². The monoisotopic (exact) mass is 473 g/mol. The van der Waals surface area contributed by atoms with Crippen LogP contribution in [0.5, 0.6) is 0 Å². The Kier molecular flexibility index (Phi) is 6.22. The van der Waals surface area contributed by atoms with Crippen LogP contribution in [0.15, 0.2) is 84.1 Å². The molecule has 0 bridgehead atoms.